The highest BCUT2D eigenvalue weighted by Gasteiger charge is 1.97. The van der Waals surface area contributed by atoms with E-state index in [4.69, 9.17) is 5.11 Å². The Balaban J connectivity index is 2.31. The number of fused-ring (bicyclic) bond motifs is 1. The van der Waals surface area contributed by atoms with Crippen LogP contribution in [-0.2, 0) is 4.79 Å². The number of rotatable bonds is 3. The molecule has 3 nitrogen and oxygen atoms in total. The molecule has 0 aliphatic heterocycles. The van der Waals surface area contributed by atoms with Gasteiger partial charge in [0, 0.05) is 6.20 Å². The highest BCUT2D eigenvalue weighted by molar-refractivity contribution is 5.88. The molecule has 0 saturated heterocycles. The second-order valence-electron chi connectivity index (χ2n) is 3.29. The predicted molar refractivity (Wildman–Crippen MR) is 59.6 cm³/mol. The molecule has 0 unspecified atom stereocenters. The van der Waals surface area contributed by atoms with Crippen molar-refractivity contribution < 1.29 is 9.90 Å². The number of carboxylic acid groups (broad SMARTS) is 1. The molecule has 0 aliphatic rings. The smallest absolute Gasteiger partial charge is 0.307 e. The maximum atomic E-state index is 10.3. The van der Waals surface area contributed by atoms with Crippen LogP contribution in [0.4, 0.5) is 0 Å². The number of nitrogens with one attached hydrogen (secondary N) is 1. The van der Waals surface area contributed by atoms with Gasteiger partial charge in [0.2, 0.25) is 0 Å². The Labute approximate surface area is 87.0 Å². The summed E-state index contributed by atoms with van der Waals surface area (Å²) >= 11 is 0. The highest BCUT2D eigenvalue weighted by Crippen LogP contribution is 2.18. The van der Waals surface area contributed by atoms with Crippen molar-refractivity contribution in [2.75, 3.05) is 0 Å². The molecule has 15 heavy (non-hydrogen) atoms. The maximum Gasteiger partial charge on any atom is 0.307 e. The first-order valence-electron chi connectivity index (χ1n) is 4.72. The molecule has 0 saturated carbocycles. The molecular weight excluding hydrogens is 190 g/mol. The first kappa shape index (κ1) is 9.52. The average molecular weight is 201 g/mol. The number of hydrogen-bond donors (Lipinski definition) is 2. The van der Waals surface area contributed by atoms with Gasteiger partial charge in [0.15, 0.2) is 0 Å². The van der Waals surface area contributed by atoms with Gasteiger partial charge in [-0.3, -0.25) is 4.79 Å². The molecule has 76 valence electrons. The number of carbonyl (C=O) groups is 1. The summed E-state index contributed by atoms with van der Waals surface area (Å²) in [5.74, 6) is -0.815. The third kappa shape index (κ3) is 2.07. The van der Waals surface area contributed by atoms with E-state index in [1.165, 1.54) is 0 Å². The number of carboxylic acids is 1. The van der Waals surface area contributed by atoms with Crippen LogP contribution >= 0.6 is 0 Å². The van der Waals surface area contributed by atoms with Gasteiger partial charge in [0.05, 0.1) is 11.9 Å². The molecule has 1 aromatic carbocycles. The summed E-state index contributed by atoms with van der Waals surface area (Å²) in [4.78, 5) is 13.5. The number of H-pyrrole nitrogens is 1. The zero-order chi connectivity index (χ0) is 10.7. The van der Waals surface area contributed by atoms with Crippen LogP contribution in [0, 0.1) is 0 Å². The topological polar surface area (TPSA) is 53.1 Å². The lowest BCUT2D eigenvalue weighted by Crippen LogP contribution is -1.89. The second kappa shape index (κ2) is 4.00. The predicted octanol–water partition coefficient (Wildman–Crippen LogP) is 2.66. The molecule has 0 bridgehead atoms. The minimum Gasteiger partial charge on any atom is -0.481 e. The van der Waals surface area contributed by atoms with Crippen molar-refractivity contribution in [3.05, 3.63) is 42.1 Å². The van der Waals surface area contributed by atoms with Gasteiger partial charge in [-0.2, -0.15) is 0 Å². The van der Waals surface area contributed by atoms with E-state index in [1.807, 2.05) is 36.5 Å². The number of aliphatic carboxylic acids is 1. The van der Waals surface area contributed by atoms with Gasteiger partial charge in [0.25, 0.3) is 0 Å². The molecule has 0 aliphatic carbocycles. The Bertz CT molecular complexity index is 511. The fraction of sp³-hybridized carbons (Fsp3) is 0.0833. The van der Waals surface area contributed by atoms with Gasteiger partial charge in [-0.1, -0.05) is 30.4 Å². The number of aromatic amines is 1. The molecule has 2 rings (SSSR count). The third-order valence-corrected chi connectivity index (χ3v) is 2.21. The van der Waals surface area contributed by atoms with Crippen molar-refractivity contribution in [1.29, 1.82) is 0 Å². The Kier molecular flexibility index (Phi) is 2.54. The fourth-order valence-corrected chi connectivity index (χ4v) is 1.53. The monoisotopic (exact) mass is 201 g/mol. The SMILES string of the molecule is O=C(O)CC=Cc1cccc2cc[nH]c12. The molecule has 0 spiro atoms. The van der Waals surface area contributed by atoms with Gasteiger partial charge in [0.1, 0.15) is 0 Å². The first-order valence-corrected chi connectivity index (χ1v) is 4.72. The zero-order valence-electron chi connectivity index (χ0n) is 8.10. The number of benzene rings is 1. The van der Waals surface area contributed by atoms with Crippen LogP contribution in [0.3, 0.4) is 0 Å². The summed E-state index contributed by atoms with van der Waals surface area (Å²) in [5, 5.41) is 9.64. The van der Waals surface area contributed by atoms with Crippen LogP contribution in [0.1, 0.15) is 12.0 Å². The summed E-state index contributed by atoms with van der Waals surface area (Å²) in [5.41, 5.74) is 2.05. The van der Waals surface area contributed by atoms with E-state index in [0.717, 1.165) is 16.5 Å². The molecule has 2 aromatic rings. The minimum absolute atomic E-state index is 0.0527. The molecule has 3 heteroatoms. The Hall–Kier alpha value is -2.03. The van der Waals surface area contributed by atoms with Gasteiger partial charge < -0.3 is 10.1 Å². The van der Waals surface area contributed by atoms with E-state index in [-0.39, 0.29) is 6.42 Å². The average Bonchev–Trinajstić information content (AvgIpc) is 2.65. The first-order chi connectivity index (χ1) is 7.27. The van der Waals surface area contributed by atoms with Crippen LogP contribution < -0.4 is 0 Å². The van der Waals surface area contributed by atoms with Gasteiger partial charge in [-0.15, -0.1) is 0 Å². The van der Waals surface area contributed by atoms with Crippen LogP contribution in [-0.4, -0.2) is 16.1 Å². The molecule has 0 radical (unpaired) electrons. The lowest BCUT2D eigenvalue weighted by Gasteiger charge is -1.95. The maximum absolute atomic E-state index is 10.3. The summed E-state index contributed by atoms with van der Waals surface area (Å²) < 4.78 is 0. The molecule has 1 aromatic heterocycles. The number of hydrogen-bond acceptors (Lipinski definition) is 1. The number of para-hydroxylation sites is 1. The van der Waals surface area contributed by atoms with E-state index >= 15 is 0 Å². The summed E-state index contributed by atoms with van der Waals surface area (Å²) in [6.07, 6.45) is 5.40. The minimum atomic E-state index is -0.815. The lowest BCUT2D eigenvalue weighted by atomic mass is 10.1. The summed E-state index contributed by atoms with van der Waals surface area (Å²) in [6, 6.07) is 7.91. The van der Waals surface area contributed by atoms with Crippen molar-refractivity contribution in [3.63, 3.8) is 0 Å². The van der Waals surface area contributed by atoms with E-state index in [2.05, 4.69) is 4.98 Å². The van der Waals surface area contributed by atoms with Crippen molar-refractivity contribution in [3.8, 4) is 0 Å². The van der Waals surface area contributed by atoms with Crippen molar-refractivity contribution >= 4 is 22.9 Å². The summed E-state index contributed by atoms with van der Waals surface area (Å²) in [6.45, 7) is 0. The molecule has 1 heterocycles. The molecule has 0 atom stereocenters. The van der Waals surface area contributed by atoms with E-state index in [0.29, 0.717) is 0 Å². The molecule has 0 fully saturated rings. The molecule has 0 amide bonds. The summed E-state index contributed by atoms with van der Waals surface area (Å²) in [7, 11) is 0. The van der Waals surface area contributed by atoms with Crippen molar-refractivity contribution in [2.45, 2.75) is 6.42 Å². The second-order valence-corrected chi connectivity index (χ2v) is 3.29. The quantitative estimate of drug-likeness (QED) is 0.802. The Morgan fingerprint density at radius 2 is 2.27 bits per heavy atom. The molecule has 2 N–H and O–H groups in total. The van der Waals surface area contributed by atoms with Crippen LogP contribution in [0.5, 0.6) is 0 Å². The van der Waals surface area contributed by atoms with Gasteiger partial charge in [-0.25, -0.2) is 0 Å². The van der Waals surface area contributed by atoms with Crippen LogP contribution in [0.15, 0.2) is 36.5 Å². The Morgan fingerprint density at radius 3 is 3.07 bits per heavy atom. The number of aromatic nitrogens is 1. The van der Waals surface area contributed by atoms with Crippen molar-refractivity contribution in [2.24, 2.45) is 0 Å². The van der Waals surface area contributed by atoms with E-state index in [1.54, 1.807) is 6.08 Å². The zero-order valence-corrected chi connectivity index (χ0v) is 8.10. The fourth-order valence-electron chi connectivity index (χ4n) is 1.53. The largest absolute Gasteiger partial charge is 0.481 e. The van der Waals surface area contributed by atoms with E-state index < -0.39 is 5.97 Å². The lowest BCUT2D eigenvalue weighted by molar-refractivity contribution is -0.135. The van der Waals surface area contributed by atoms with Crippen LogP contribution in [0.25, 0.3) is 17.0 Å². The standard InChI is InChI=1S/C12H11NO2/c14-11(15)6-2-5-9-3-1-4-10-7-8-13-12(9)10/h1-5,7-8,13H,6H2,(H,14,15). The van der Waals surface area contributed by atoms with E-state index in [9.17, 15) is 4.79 Å². The van der Waals surface area contributed by atoms with Crippen molar-refractivity contribution in [1.82, 2.24) is 4.98 Å². The highest BCUT2D eigenvalue weighted by atomic mass is 16.4. The molecular formula is C12H11NO2. The third-order valence-electron chi connectivity index (χ3n) is 2.21. The van der Waals surface area contributed by atoms with Gasteiger partial charge in [-0.05, 0) is 17.0 Å². The Morgan fingerprint density at radius 1 is 1.40 bits per heavy atom. The van der Waals surface area contributed by atoms with Crippen LogP contribution in [0.2, 0.25) is 0 Å². The van der Waals surface area contributed by atoms with Gasteiger partial charge >= 0.3 is 5.97 Å². The normalized spacial score (nSPS) is 11.2.